The van der Waals surface area contributed by atoms with Gasteiger partial charge >= 0.3 is 0 Å². The first-order valence-electron chi connectivity index (χ1n) is 5.53. The van der Waals surface area contributed by atoms with Gasteiger partial charge in [0.05, 0.1) is 6.20 Å². The van der Waals surface area contributed by atoms with Gasteiger partial charge in [0.25, 0.3) is 6.54 Å². The molecule has 0 unspecified atom stereocenters. The largest absolute Gasteiger partial charge is 0.350 e. The van der Waals surface area contributed by atoms with E-state index in [4.69, 9.17) is 0 Å². The molecule has 0 N–H and O–H groups in total. The van der Waals surface area contributed by atoms with Gasteiger partial charge in [-0.05, 0) is 6.42 Å². The molecule has 0 fully saturated rings. The molecule has 0 spiro atoms. The third-order valence-corrected chi connectivity index (χ3v) is 2.65. The molecule has 0 aromatic carbocycles. The molecule has 0 aliphatic carbocycles. The van der Waals surface area contributed by atoms with E-state index in [-0.39, 0.29) is 11.5 Å². The third kappa shape index (κ3) is 3.02. The van der Waals surface area contributed by atoms with Crippen LogP contribution in [0.25, 0.3) is 0 Å². The monoisotopic (exact) mass is 237 g/mol. The van der Waals surface area contributed by atoms with Crippen LogP contribution in [-0.2, 0) is 13.6 Å². The summed E-state index contributed by atoms with van der Waals surface area (Å²) in [6, 6.07) is 0. The zero-order valence-corrected chi connectivity index (χ0v) is 9.74. The highest BCUT2D eigenvalue weighted by molar-refractivity contribution is 5.83. The Labute approximate surface area is 98.9 Å². The standard InChI is InChI=1S/C10H15N5O2/c1-13-6-9(5-12-13)7-14-4-2-3-11-10(14)8-15(16)17/h5-6H,2-4,7-8H2,1H3. The van der Waals surface area contributed by atoms with Gasteiger partial charge in [0.15, 0.2) is 5.84 Å². The van der Waals surface area contributed by atoms with Gasteiger partial charge in [-0.25, -0.2) is 0 Å². The molecule has 2 rings (SSSR count). The summed E-state index contributed by atoms with van der Waals surface area (Å²) >= 11 is 0. The minimum absolute atomic E-state index is 0.194. The van der Waals surface area contributed by atoms with Crippen LogP contribution < -0.4 is 0 Å². The Morgan fingerprint density at radius 2 is 2.41 bits per heavy atom. The van der Waals surface area contributed by atoms with Crippen LogP contribution in [0.1, 0.15) is 12.0 Å². The molecule has 92 valence electrons. The quantitative estimate of drug-likeness (QED) is 0.557. The van der Waals surface area contributed by atoms with E-state index < -0.39 is 0 Å². The molecule has 1 aliphatic heterocycles. The maximum atomic E-state index is 10.6. The second-order valence-corrected chi connectivity index (χ2v) is 4.09. The van der Waals surface area contributed by atoms with Gasteiger partial charge in [-0.3, -0.25) is 19.8 Å². The summed E-state index contributed by atoms with van der Waals surface area (Å²) in [5, 5.41) is 14.6. The van der Waals surface area contributed by atoms with Crippen molar-refractivity contribution >= 4 is 5.84 Å². The molecule has 0 amide bonds. The van der Waals surface area contributed by atoms with E-state index in [9.17, 15) is 10.1 Å². The van der Waals surface area contributed by atoms with E-state index >= 15 is 0 Å². The topological polar surface area (TPSA) is 76.6 Å². The van der Waals surface area contributed by atoms with Crippen LogP contribution in [0.2, 0.25) is 0 Å². The lowest BCUT2D eigenvalue weighted by Crippen LogP contribution is -2.39. The maximum Gasteiger partial charge on any atom is 0.260 e. The van der Waals surface area contributed by atoms with Crippen LogP contribution in [0.15, 0.2) is 17.4 Å². The number of nitro groups is 1. The van der Waals surface area contributed by atoms with Crippen molar-refractivity contribution in [1.82, 2.24) is 14.7 Å². The summed E-state index contributed by atoms with van der Waals surface area (Å²) in [6.45, 7) is 1.95. The van der Waals surface area contributed by atoms with E-state index in [2.05, 4.69) is 10.1 Å². The molecular weight excluding hydrogens is 222 g/mol. The van der Waals surface area contributed by atoms with Gasteiger partial charge < -0.3 is 4.90 Å². The van der Waals surface area contributed by atoms with Gasteiger partial charge in [0.2, 0.25) is 0 Å². The van der Waals surface area contributed by atoms with Crippen LogP contribution in [0.4, 0.5) is 0 Å². The van der Waals surface area contributed by atoms with Crippen LogP contribution in [0.5, 0.6) is 0 Å². The fourth-order valence-electron chi connectivity index (χ4n) is 1.91. The lowest BCUT2D eigenvalue weighted by molar-refractivity contribution is -0.464. The van der Waals surface area contributed by atoms with Crippen molar-refractivity contribution in [2.24, 2.45) is 12.0 Å². The van der Waals surface area contributed by atoms with Crippen molar-refractivity contribution in [3.63, 3.8) is 0 Å². The van der Waals surface area contributed by atoms with Crippen LogP contribution in [0.3, 0.4) is 0 Å². The van der Waals surface area contributed by atoms with Gasteiger partial charge in [0.1, 0.15) is 0 Å². The summed E-state index contributed by atoms with van der Waals surface area (Å²) in [5.74, 6) is 0.574. The second-order valence-electron chi connectivity index (χ2n) is 4.09. The number of nitrogens with zero attached hydrogens (tertiary/aromatic N) is 5. The van der Waals surface area contributed by atoms with Gasteiger partial charge in [-0.1, -0.05) is 0 Å². The first kappa shape index (κ1) is 11.6. The molecule has 17 heavy (non-hydrogen) atoms. The highest BCUT2D eigenvalue weighted by Gasteiger charge is 2.20. The number of hydrogen-bond acceptors (Lipinski definition) is 5. The molecule has 0 saturated heterocycles. The molecule has 0 atom stereocenters. The summed E-state index contributed by atoms with van der Waals surface area (Å²) < 4.78 is 1.73. The third-order valence-electron chi connectivity index (χ3n) is 2.65. The summed E-state index contributed by atoms with van der Waals surface area (Å²) in [5.41, 5.74) is 1.05. The summed E-state index contributed by atoms with van der Waals surface area (Å²) in [7, 11) is 1.85. The average Bonchev–Trinajstić information content (AvgIpc) is 2.66. The number of aryl methyl sites for hydroxylation is 1. The number of aromatic nitrogens is 2. The molecule has 0 radical (unpaired) electrons. The number of rotatable bonds is 4. The van der Waals surface area contributed by atoms with Crippen LogP contribution >= 0.6 is 0 Å². The van der Waals surface area contributed by atoms with Crippen molar-refractivity contribution in [2.75, 3.05) is 19.6 Å². The SMILES string of the molecule is Cn1cc(CN2CCCN=C2C[N+](=O)[O-])cn1. The van der Waals surface area contributed by atoms with Crippen molar-refractivity contribution in [1.29, 1.82) is 0 Å². The Balaban J connectivity index is 2.05. The first-order valence-corrected chi connectivity index (χ1v) is 5.53. The molecule has 1 aromatic rings. The van der Waals surface area contributed by atoms with Crippen molar-refractivity contribution in [3.8, 4) is 0 Å². The lowest BCUT2D eigenvalue weighted by Gasteiger charge is -2.26. The Morgan fingerprint density at radius 3 is 3.06 bits per heavy atom. The fourth-order valence-corrected chi connectivity index (χ4v) is 1.91. The molecule has 1 aromatic heterocycles. The molecule has 2 heterocycles. The maximum absolute atomic E-state index is 10.6. The Bertz CT molecular complexity index is 440. The van der Waals surface area contributed by atoms with E-state index in [0.717, 1.165) is 18.5 Å². The molecule has 0 saturated carbocycles. The van der Waals surface area contributed by atoms with Crippen molar-refractivity contribution in [2.45, 2.75) is 13.0 Å². The number of amidine groups is 1. The fraction of sp³-hybridized carbons (Fsp3) is 0.600. The highest BCUT2D eigenvalue weighted by atomic mass is 16.6. The number of aliphatic imine (C=N–C) groups is 1. The predicted octanol–water partition coefficient (Wildman–Crippen LogP) is 0.301. The predicted molar refractivity (Wildman–Crippen MR) is 62.4 cm³/mol. The van der Waals surface area contributed by atoms with Crippen molar-refractivity contribution < 1.29 is 4.92 Å². The second kappa shape index (κ2) is 4.94. The molecular formula is C10H15N5O2. The molecule has 7 nitrogen and oxygen atoms in total. The van der Waals surface area contributed by atoms with Crippen LogP contribution in [-0.4, -0.2) is 45.1 Å². The van der Waals surface area contributed by atoms with E-state index in [1.165, 1.54) is 0 Å². The molecule has 7 heteroatoms. The number of hydrogen-bond donors (Lipinski definition) is 0. The molecule has 0 bridgehead atoms. The normalized spacial score (nSPS) is 15.8. The zero-order valence-electron chi connectivity index (χ0n) is 9.74. The average molecular weight is 237 g/mol. The Hall–Kier alpha value is -1.92. The first-order chi connectivity index (χ1) is 8.15. The lowest BCUT2D eigenvalue weighted by atomic mass is 10.2. The summed E-state index contributed by atoms with van der Waals surface area (Å²) in [4.78, 5) is 16.4. The van der Waals surface area contributed by atoms with E-state index in [1.54, 1.807) is 10.9 Å². The highest BCUT2D eigenvalue weighted by Crippen LogP contribution is 2.09. The molecule has 1 aliphatic rings. The van der Waals surface area contributed by atoms with Gasteiger partial charge in [-0.2, -0.15) is 5.10 Å². The smallest absolute Gasteiger partial charge is 0.260 e. The summed E-state index contributed by atoms with van der Waals surface area (Å²) in [6.07, 6.45) is 4.64. The minimum atomic E-state index is -0.333. The van der Waals surface area contributed by atoms with Gasteiger partial charge in [-0.15, -0.1) is 0 Å². The van der Waals surface area contributed by atoms with Crippen LogP contribution in [0, 0.1) is 10.1 Å². The van der Waals surface area contributed by atoms with Crippen molar-refractivity contribution in [3.05, 3.63) is 28.1 Å². The zero-order chi connectivity index (χ0) is 12.3. The Morgan fingerprint density at radius 1 is 1.59 bits per heavy atom. The van der Waals surface area contributed by atoms with Gasteiger partial charge in [0, 0.05) is 43.4 Å². The Kier molecular flexibility index (Phi) is 3.36. The van der Waals surface area contributed by atoms with E-state index in [1.807, 2.05) is 18.1 Å². The van der Waals surface area contributed by atoms with E-state index in [0.29, 0.717) is 18.9 Å². The minimum Gasteiger partial charge on any atom is -0.350 e.